The zero-order chi connectivity index (χ0) is 10.6. The van der Waals surface area contributed by atoms with Crippen molar-refractivity contribution in [2.24, 2.45) is 11.5 Å². The Hall–Kier alpha value is -0.320. The highest BCUT2D eigenvalue weighted by molar-refractivity contribution is 5.85. The van der Waals surface area contributed by atoms with Crippen molar-refractivity contribution in [2.75, 3.05) is 0 Å². The van der Waals surface area contributed by atoms with E-state index in [4.69, 9.17) is 16.2 Å². The second-order valence-electron chi connectivity index (χ2n) is 4.13. The smallest absolute Gasteiger partial charge is 0.325 e. The van der Waals surface area contributed by atoms with Crippen LogP contribution in [0.4, 0.5) is 0 Å². The molecule has 0 spiro atoms. The zero-order valence-corrected chi connectivity index (χ0v) is 10.1. The summed E-state index contributed by atoms with van der Waals surface area (Å²) in [6, 6.07) is -1.04. The lowest BCUT2D eigenvalue weighted by Crippen LogP contribution is -2.49. The maximum absolute atomic E-state index is 11.3. The number of hydrogen-bond acceptors (Lipinski definition) is 4. The molecule has 4 N–H and O–H groups in total. The summed E-state index contributed by atoms with van der Waals surface area (Å²) in [5, 5.41) is 0. The molecule has 0 aliphatic carbocycles. The highest BCUT2D eigenvalue weighted by Crippen LogP contribution is 2.09. The molecule has 14 heavy (non-hydrogen) atoms. The average Bonchev–Trinajstić information content (AvgIpc) is 1.98. The van der Waals surface area contributed by atoms with Gasteiger partial charge in [-0.25, -0.2) is 0 Å². The number of halogens is 1. The summed E-state index contributed by atoms with van der Waals surface area (Å²) in [6.07, 6.45) is 0.667. The number of carbonyl (C=O) groups excluding carboxylic acids is 1. The van der Waals surface area contributed by atoms with Crippen molar-refractivity contribution in [2.45, 2.75) is 51.8 Å². The van der Waals surface area contributed by atoms with E-state index in [0.29, 0.717) is 6.42 Å². The lowest BCUT2D eigenvalue weighted by molar-refractivity contribution is -0.157. The van der Waals surface area contributed by atoms with Gasteiger partial charge in [-0.05, 0) is 27.2 Å². The van der Waals surface area contributed by atoms with Crippen molar-refractivity contribution in [3.05, 3.63) is 0 Å². The van der Waals surface area contributed by atoms with E-state index in [2.05, 4.69) is 0 Å². The van der Waals surface area contributed by atoms with Crippen molar-refractivity contribution in [1.82, 2.24) is 0 Å². The SMILES string of the molecule is CCC(N)C(N)C(=O)OC(C)(C)C.Cl. The third-order valence-corrected chi connectivity index (χ3v) is 1.61. The van der Waals surface area contributed by atoms with Gasteiger partial charge < -0.3 is 16.2 Å². The molecule has 0 bridgehead atoms. The van der Waals surface area contributed by atoms with Crippen molar-refractivity contribution in [3.63, 3.8) is 0 Å². The number of ether oxygens (including phenoxy) is 1. The second-order valence-corrected chi connectivity index (χ2v) is 4.13. The molecule has 0 rings (SSSR count). The monoisotopic (exact) mass is 224 g/mol. The van der Waals surface area contributed by atoms with Crippen LogP contribution in [-0.2, 0) is 9.53 Å². The summed E-state index contributed by atoms with van der Waals surface area (Å²) in [6.45, 7) is 7.29. The topological polar surface area (TPSA) is 78.3 Å². The van der Waals surface area contributed by atoms with Crippen LogP contribution in [0, 0.1) is 0 Å². The van der Waals surface area contributed by atoms with Crippen LogP contribution in [0.2, 0.25) is 0 Å². The number of rotatable bonds is 3. The fraction of sp³-hybridized carbons (Fsp3) is 0.889. The quantitative estimate of drug-likeness (QED) is 0.696. The van der Waals surface area contributed by atoms with Crippen molar-refractivity contribution < 1.29 is 9.53 Å². The first-order valence-electron chi connectivity index (χ1n) is 4.52. The fourth-order valence-electron chi connectivity index (χ4n) is 0.799. The summed E-state index contributed by atoms with van der Waals surface area (Å²) in [5.41, 5.74) is 10.7. The summed E-state index contributed by atoms with van der Waals surface area (Å²) in [7, 11) is 0. The van der Waals surface area contributed by atoms with Crippen LogP contribution in [-0.4, -0.2) is 23.7 Å². The van der Waals surface area contributed by atoms with E-state index < -0.39 is 17.6 Å². The Balaban J connectivity index is 0. The maximum Gasteiger partial charge on any atom is 0.325 e. The number of esters is 1. The van der Waals surface area contributed by atoms with Crippen molar-refractivity contribution >= 4 is 18.4 Å². The molecule has 2 unspecified atom stereocenters. The highest BCUT2D eigenvalue weighted by Gasteiger charge is 2.25. The summed E-state index contributed by atoms with van der Waals surface area (Å²) >= 11 is 0. The molecule has 0 radical (unpaired) electrons. The van der Waals surface area contributed by atoms with Gasteiger partial charge in [-0.15, -0.1) is 12.4 Å². The summed E-state index contributed by atoms with van der Waals surface area (Å²) in [4.78, 5) is 11.3. The van der Waals surface area contributed by atoms with Gasteiger partial charge in [0.1, 0.15) is 11.6 Å². The Morgan fingerprint density at radius 2 is 1.79 bits per heavy atom. The molecule has 0 saturated heterocycles. The lowest BCUT2D eigenvalue weighted by atomic mass is 10.1. The first-order valence-corrected chi connectivity index (χ1v) is 4.52. The van der Waals surface area contributed by atoms with Gasteiger partial charge in [-0.3, -0.25) is 4.79 Å². The average molecular weight is 225 g/mol. The number of hydrogen-bond donors (Lipinski definition) is 2. The van der Waals surface area contributed by atoms with Gasteiger partial charge in [0.2, 0.25) is 0 Å². The van der Waals surface area contributed by atoms with E-state index in [1.54, 1.807) is 20.8 Å². The molecule has 0 aromatic rings. The maximum atomic E-state index is 11.3. The minimum Gasteiger partial charge on any atom is -0.459 e. The molecular weight excluding hydrogens is 204 g/mol. The van der Waals surface area contributed by atoms with Crippen LogP contribution in [0.3, 0.4) is 0 Å². The predicted octanol–water partition coefficient (Wildman–Crippen LogP) is 0.814. The Morgan fingerprint density at radius 1 is 1.36 bits per heavy atom. The molecule has 2 atom stereocenters. The van der Waals surface area contributed by atoms with Crippen molar-refractivity contribution in [1.29, 1.82) is 0 Å². The van der Waals surface area contributed by atoms with Gasteiger partial charge in [0, 0.05) is 6.04 Å². The molecule has 0 saturated carbocycles. The van der Waals surface area contributed by atoms with Crippen LogP contribution in [0.15, 0.2) is 0 Å². The molecular formula is C9H21ClN2O2. The van der Waals surface area contributed by atoms with Crippen LogP contribution in [0.5, 0.6) is 0 Å². The fourth-order valence-corrected chi connectivity index (χ4v) is 0.799. The Morgan fingerprint density at radius 3 is 2.07 bits per heavy atom. The minimum atomic E-state index is -0.718. The van der Waals surface area contributed by atoms with E-state index in [-0.39, 0.29) is 18.4 Å². The van der Waals surface area contributed by atoms with Gasteiger partial charge in [0.15, 0.2) is 0 Å². The molecule has 5 heteroatoms. The van der Waals surface area contributed by atoms with Crippen molar-refractivity contribution in [3.8, 4) is 0 Å². The van der Waals surface area contributed by atoms with Crippen LogP contribution in [0.25, 0.3) is 0 Å². The Bertz CT molecular complexity index is 180. The molecule has 0 aromatic heterocycles. The molecule has 0 aliphatic rings. The third-order valence-electron chi connectivity index (χ3n) is 1.61. The molecule has 0 heterocycles. The van der Waals surface area contributed by atoms with E-state index in [0.717, 1.165) is 0 Å². The highest BCUT2D eigenvalue weighted by atomic mass is 35.5. The first kappa shape index (κ1) is 16.1. The summed E-state index contributed by atoms with van der Waals surface area (Å²) in [5.74, 6) is -0.429. The number of nitrogens with two attached hydrogens (primary N) is 2. The van der Waals surface area contributed by atoms with Crippen LogP contribution < -0.4 is 11.5 Å². The van der Waals surface area contributed by atoms with Gasteiger partial charge >= 0.3 is 5.97 Å². The zero-order valence-electron chi connectivity index (χ0n) is 9.24. The molecule has 86 valence electrons. The van der Waals surface area contributed by atoms with E-state index >= 15 is 0 Å². The van der Waals surface area contributed by atoms with Gasteiger partial charge in [-0.1, -0.05) is 6.92 Å². The molecule has 4 nitrogen and oxygen atoms in total. The second kappa shape index (κ2) is 6.22. The van der Waals surface area contributed by atoms with Gasteiger partial charge in [-0.2, -0.15) is 0 Å². The molecule has 0 amide bonds. The number of carbonyl (C=O) groups is 1. The Labute approximate surface area is 91.8 Å². The van der Waals surface area contributed by atoms with Gasteiger partial charge in [0.25, 0.3) is 0 Å². The van der Waals surface area contributed by atoms with Crippen LogP contribution in [0.1, 0.15) is 34.1 Å². The third kappa shape index (κ3) is 6.18. The largest absolute Gasteiger partial charge is 0.459 e. The van der Waals surface area contributed by atoms with Gasteiger partial charge in [0.05, 0.1) is 0 Å². The standard InChI is InChI=1S/C9H20N2O2.ClH/c1-5-6(10)7(11)8(12)13-9(2,3)4;/h6-7H,5,10-11H2,1-4H3;1H. The normalized spacial score (nSPS) is 15.3. The van der Waals surface area contributed by atoms with E-state index in [9.17, 15) is 4.79 Å². The minimum absolute atomic E-state index is 0. The molecule has 0 aromatic carbocycles. The molecule has 0 fully saturated rings. The lowest BCUT2D eigenvalue weighted by Gasteiger charge is -2.24. The first-order chi connectivity index (χ1) is 5.78. The predicted molar refractivity (Wildman–Crippen MR) is 59.3 cm³/mol. The summed E-state index contributed by atoms with van der Waals surface area (Å²) < 4.78 is 5.08. The van der Waals surface area contributed by atoms with E-state index in [1.807, 2.05) is 6.92 Å². The molecule has 0 aliphatic heterocycles. The van der Waals surface area contributed by atoms with E-state index in [1.165, 1.54) is 0 Å². The Kier molecular flexibility index (Phi) is 7.16. The van der Waals surface area contributed by atoms with Crippen LogP contribution >= 0.6 is 12.4 Å².